The van der Waals surface area contributed by atoms with Crippen molar-refractivity contribution in [2.45, 2.75) is 6.10 Å². The van der Waals surface area contributed by atoms with Gasteiger partial charge in [0.05, 0.1) is 12.7 Å². The molecular weight excluding hydrogens is 300 g/mol. The van der Waals surface area contributed by atoms with Crippen LogP contribution < -0.4 is 4.74 Å². The van der Waals surface area contributed by atoms with Crippen LogP contribution in [0, 0.1) is 11.6 Å². The largest absolute Gasteiger partial charge is 0.492 e. The molecule has 1 fully saturated rings. The van der Waals surface area contributed by atoms with E-state index in [1.165, 1.54) is 24.3 Å². The van der Waals surface area contributed by atoms with Gasteiger partial charge in [-0.15, -0.1) is 0 Å². The molecule has 3 nitrogen and oxygen atoms in total. The maximum absolute atomic E-state index is 13.3. The van der Waals surface area contributed by atoms with Gasteiger partial charge >= 0.3 is 0 Å². The number of rotatable bonds is 5. The fraction of sp³-hybridized carbons (Fsp3) is 0.333. The number of morpholine rings is 1. The fourth-order valence-electron chi connectivity index (χ4n) is 2.66. The van der Waals surface area contributed by atoms with Crippen LogP contribution in [0.25, 0.3) is 0 Å². The van der Waals surface area contributed by atoms with Gasteiger partial charge in [-0.3, -0.25) is 4.90 Å². The molecular formula is C18H19F2NO2. The molecule has 2 aromatic rings. The predicted octanol–water partition coefficient (Wildman–Crippen LogP) is 3.42. The van der Waals surface area contributed by atoms with Gasteiger partial charge in [-0.25, -0.2) is 8.78 Å². The Bertz CT molecular complexity index is 650. The number of ether oxygens (including phenoxy) is 2. The van der Waals surface area contributed by atoms with E-state index in [2.05, 4.69) is 4.90 Å². The van der Waals surface area contributed by atoms with Gasteiger partial charge in [-0.1, -0.05) is 18.2 Å². The molecule has 0 amide bonds. The van der Waals surface area contributed by atoms with Crippen molar-refractivity contribution in [2.75, 3.05) is 32.8 Å². The van der Waals surface area contributed by atoms with Gasteiger partial charge in [-0.2, -0.15) is 0 Å². The Morgan fingerprint density at radius 3 is 2.65 bits per heavy atom. The van der Waals surface area contributed by atoms with Crippen LogP contribution in [0.4, 0.5) is 8.78 Å². The summed E-state index contributed by atoms with van der Waals surface area (Å²) in [5.74, 6) is -0.0300. The minimum atomic E-state index is -0.306. The molecule has 0 N–H and O–H groups in total. The zero-order chi connectivity index (χ0) is 16.1. The molecule has 1 aliphatic heterocycles. The quantitative estimate of drug-likeness (QED) is 0.843. The Morgan fingerprint density at radius 1 is 1.09 bits per heavy atom. The van der Waals surface area contributed by atoms with Crippen molar-refractivity contribution < 1.29 is 18.3 Å². The van der Waals surface area contributed by atoms with E-state index in [1.807, 2.05) is 6.07 Å². The molecule has 1 saturated heterocycles. The first-order valence-electron chi connectivity index (χ1n) is 7.68. The molecule has 0 radical (unpaired) electrons. The molecule has 0 aliphatic carbocycles. The SMILES string of the molecule is Fc1cccc(OCCN2CCOC(c3cccc(F)c3)C2)c1. The highest BCUT2D eigenvalue weighted by atomic mass is 19.1. The fourth-order valence-corrected chi connectivity index (χ4v) is 2.66. The third-order valence-corrected chi connectivity index (χ3v) is 3.84. The molecule has 1 atom stereocenters. The number of nitrogens with zero attached hydrogens (tertiary/aromatic N) is 1. The molecule has 1 heterocycles. The van der Waals surface area contributed by atoms with Crippen molar-refractivity contribution >= 4 is 0 Å². The first-order valence-corrected chi connectivity index (χ1v) is 7.68. The lowest BCUT2D eigenvalue weighted by Gasteiger charge is -2.33. The standard InChI is InChI=1S/C18H19F2NO2/c19-15-4-1-3-14(11-15)18-13-21(8-10-23-18)7-9-22-17-6-2-5-16(20)12-17/h1-6,11-12,18H,7-10,13H2. The van der Waals surface area contributed by atoms with E-state index in [4.69, 9.17) is 9.47 Å². The maximum Gasteiger partial charge on any atom is 0.126 e. The zero-order valence-electron chi connectivity index (χ0n) is 12.8. The van der Waals surface area contributed by atoms with Crippen molar-refractivity contribution in [1.82, 2.24) is 4.90 Å². The number of benzene rings is 2. The molecule has 3 rings (SSSR count). The number of halogens is 2. The van der Waals surface area contributed by atoms with Crippen LogP contribution in [0.1, 0.15) is 11.7 Å². The summed E-state index contributed by atoms with van der Waals surface area (Å²) < 4.78 is 37.7. The monoisotopic (exact) mass is 319 g/mol. The van der Waals surface area contributed by atoms with E-state index in [1.54, 1.807) is 18.2 Å². The molecule has 2 aromatic carbocycles. The summed E-state index contributed by atoms with van der Waals surface area (Å²) in [6, 6.07) is 12.6. The lowest BCUT2D eigenvalue weighted by Crippen LogP contribution is -2.40. The van der Waals surface area contributed by atoms with Crippen LogP contribution in [-0.4, -0.2) is 37.7 Å². The average molecular weight is 319 g/mol. The second-order valence-corrected chi connectivity index (χ2v) is 5.52. The minimum Gasteiger partial charge on any atom is -0.492 e. The van der Waals surface area contributed by atoms with Crippen molar-refractivity contribution in [3.63, 3.8) is 0 Å². The van der Waals surface area contributed by atoms with Crippen molar-refractivity contribution in [1.29, 1.82) is 0 Å². The molecule has 1 unspecified atom stereocenters. The van der Waals surface area contributed by atoms with Gasteiger partial charge in [-0.05, 0) is 29.8 Å². The van der Waals surface area contributed by atoms with Crippen LogP contribution in [0.2, 0.25) is 0 Å². The number of hydrogen-bond acceptors (Lipinski definition) is 3. The van der Waals surface area contributed by atoms with Crippen LogP contribution in [-0.2, 0) is 4.74 Å². The maximum atomic E-state index is 13.3. The summed E-state index contributed by atoms with van der Waals surface area (Å²) >= 11 is 0. The Kier molecular flexibility index (Phi) is 5.20. The van der Waals surface area contributed by atoms with Crippen molar-refractivity contribution in [2.24, 2.45) is 0 Å². The van der Waals surface area contributed by atoms with E-state index in [-0.39, 0.29) is 17.7 Å². The van der Waals surface area contributed by atoms with Gasteiger partial charge in [0.1, 0.15) is 24.0 Å². The van der Waals surface area contributed by atoms with Crippen LogP contribution in [0.3, 0.4) is 0 Å². The predicted molar refractivity (Wildman–Crippen MR) is 83.4 cm³/mol. The van der Waals surface area contributed by atoms with E-state index in [0.717, 1.165) is 12.1 Å². The lowest BCUT2D eigenvalue weighted by atomic mass is 10.1. The van der Waals surface area contributed by atoms with Crippen LogP contribution in [0.15, 0.2) is 48.5 Å². The Morgan fingerprint density at radius 2 is 1.87 bits per heavy atom. The highest BCUT2D eigenvalue weighted by molar-refractivity contribution is 5.22. The third kappa shape index (κ3) is 4.50. The topological polar surface area (TPSA) is 21.7 Å². The molecule has 0 spiro atoms. The second kappa shape index (κ2) is 7.53. The summed E-state index contributed by atoms with van der Waals surface area (Å²) in [6.07, 6.45) is -0.131. The van der Waals surface area contributed by atoms with Crippen molar-refractivity contribution in [3.05, 3.63) is 65.7 Å². The van der Waals surface area contributed by atoms with E-state index < -0.39 is 0 Å². The van der Waals surface area contributed by atoms with E-state index in [9.17, 15) is 8.78 Å². The molecule has 1 aliphatic rings. The Labute approximate surface area is 134 Å². The van der Waals surface area contributed by atoms with Gasteiger partial charge in [0, 0.05) is 25.7 Å². The molecule has 23 heavy (non-hydrogen) atoms. The highest BCUT2D eigenvalue weighted by Gasteiger charge is 2.22. The molecule has 0 aromatic heterocycles. The zero-order valence-corrected chi connectivity index (χ0v) is 12.8. The minimum absolute atomic E-state index is 0.131. The highest BCUT2D eigenvalue weighted by Crippen LogP contribution is 2.22. The summed E-state index contributed by atoms with van der Waals surface area (Å²) in [5.41, 5.74) is 0.848. The van der Waals surface area contributed by atoms with E-state index >= 15 is 0 Å². The van der Waals surface area contributed by atoms with E-state index in [0.29, 0.717) is 32.1 Å². The first-order chi connectivity index (χ1) is 11.2. The molecule has 0 saturated carbocycles. The Balaban J connectivity index is 1.51. The molecule has 122 valence electrons. The van der Waals surface area contributed by atoms with Crippen LogP contribution >= 0.6 is 0 Å². The van der Waals surface area contributed by atoms with Gasteiger partial charge in [0.25, 0.3) is 0 Å². The van der Waals surface area contributed by atoms with Gasteiger partial charge in [0.2, 0.25) is 0 Å². The van der Waals surface area contributed by atoms with Crippen molar-refractivity contribution in [3.8, 4) is 5.75 Å². The average Bonchev–Trinajstić information content (AvgIpc) is 2.55. The summed E-state index contributed by atoms with van der Waals surface area (Å²) in [6.45, 7) is 3.28. The second-order valence-electron chi connectivity index (χ2n) is 5.52. The number of hydrogen-bond donors (Lipinski definition) is 0. The molecule has 0 bridgehead atoms. The summed E-state index contributed by atoms with van der Waals surface area (Å²) in [5, 5.41) is 0. The Hall–Kier alpha value is -1.98. The van der Waals surface area contributed by atoms with Gasteiger partial charge < -0.3 is 9.47 Å². The summed E-state index contributed by atoms with van der Waals surface area (Å²) in [7, 11) is 0. The van der Waals surface area contributed by atoms with Gasteiger partial charge in [0.15, 0.2) is 0 Å². The summed E-state index contributed by atoms with van der Waals surface area (Å²) in [4.78, 5) is 2.21. The smallest absolute Gasteiger partial charge is 0.126 e. The third-order valence-electron chi connectivity index (χ3n) is 3.84. The molecule has 5 heteroatoms. The first kappa shape index (κ1) is 15.9. The lowest BCUT2D eigenvalue weighted by molar-refractivity contribution is -0.0330. The van der Waals surface area contributed by atoms with Crippen LogP contribution in [0.5, 0.6) is 5.75 Å². The normalized spacial score (nSPS) is 18.8.